The number of furan rings is 1. The Labute approximate surface area is 208 Å². The van der Waals surface area contributed by atoms with Crippen molar-refractivity contribution in [2.45, 2.75) is 10.9 Å². The number of carbonyl (C=O) groups is 1. The second-order valence-corrected chi connectivity index (χ2v) is 9.92. The van der Waals surface area contributed by atoms with Crippen LogP contribution in [0.3, 0.4) is 0 Å². The van der Waals surface area contributed by atoms with Crippen molar-refractivity contribution in [3.8, 4) is 17.3 Å². The summed E-state index contributed by atoms with van der Waals surface area (Å²) in [5.74, 6) is 1.41. The molecule has 0 unspecified atom stereocenters. The van der Waals surface area contributed by atoms with Gasteiger partial charge in [0.05, 0.1) is 22.7 Å². The molecule has 3 aromatic heterocycles. The first-order valence-electron chi connectivity index (χ1n) is 9.87. The van der Waals surface area contributed by atoms with Crippen LogP contribution in [0.25, 0.3) is 17.3 Å². The second-order valence-electron chi connectivity index (χ2n) is 7.19. The Morgan fingerprint density at radius 3 is 2.85 bits per heavy atom. The van der Waals surface area contributed by atoms with Crippen molar-refractivity contribution in [2.24, 2.45) is 0 Å². The lowest BCUT2D eigenvalue weighted by atomic mass is 10.3. The number of halogens is 2. The van der Waals surface area contributed by atoms with Gasteiger partial charge in [-0.05, 0) is 44.4 Å². The van der Waals surface area contributed by atoms with Crippen LogP contribution in [0.1, 0.15) is 15.5 Å². The van der Waals surface area contributed by atoms with Crippen LogP contribution < -0.4 is 5.32 Å². The maximum Gasteiger partial charge on any atom is 0.270 e. The van der Waals surface area contributed by atoms with Gasteiger partial charge in [-0.15, -0.1) is 21.5 Å². The molecule has 1 amide bonds. The molecule has 0 fully saturated rings. The number of thiazole rings is 1. The molecule has 33 heavy (non-hydrogen) atoms. The molecule has 4 rings (SSSR count). The highest BCUT2D eigenvalue weighted by molar-refractivity contribution is 7.98. The lowest BCUT2D eigenvalue weighted by molar-refractivity contribution is 0.0946. The van der Waals surface area contributed by atoms with E-state index in [4.69, 9.17) is 27.6 Å². The molecule has 1 aromatic carbocycles. The van der Waals surface area contributed by atoms with Crippen LogP contribution in [0, 0.1) is 0 Å². The standard InChI is InChI=1S/C21H20Cl2N6O2S2/c1-28(2)8-7-24-20(30)15-11-32-18(25-15)12-33-21-27-26-19(17-4-3-9-31-17)29(21)16-6-5-13(22)10-14(16)23/h3-6,9-11H,7-8,12H2,1-2H3,(H,24,30). The molecule has 0 bridgehead atoms. The van der Waals surface area contributed by atoms with Gasteiger partial charge in [0.1, 0.15) is 10.7 Å². The van der Waals surface area contributed by atoms with E-state index in [-0.39, 0.29) is 5.91 Å². The number of rotatable bonds is 9. The highest BCUT2D eigenvalue weighted by Crippen LogP contribution is 2.34. The highest BCUT2D eigenvalue weighted by atomic mass is 35.5. The normalized spacial score (nSPS) is 11.3. The predicted octanol–water partition coefficient (Wildman–Crippen LogP) is 4.87. The van der Waals surface area contributed by atoms with Gasteiger partial charge >= 0.3 is 0 Å². The van der Waals surface area contributed by atoms with Crippen LogP contribution in [-0.2, 0) is 5.75 Å². The summed E-state index contributed by atoms with van der Waals surface area (Å²) in [5, 5.41) is 15.7. The molecule has 0 aliphatic carbocycles. The zero-order valence-corrected chi connectivity index (χ0v) is 20.9. The number of aromatic nitrogens is 4. The number of thioether (sulfide) groups is 1. The van der Waals surface area contributed by atoms with Crippen molar-refractivity contribution in [1.29, 1.82) is 0 Å². The van der Waals surface area contributed by atoms with E-state index in [1.165, 1.54) is 23.1 Å². The molecular formula is C21H20Cl2N6O2S2. The second kappa shape index (κ2) is 10.7. The minimum Gasteiger partial charge on any atom is -0.461 e. The molecule has 172 valence electrons. The SMILES string of the molecule is CN(C)CCNC(=O)c1csc(CSc2nnc(-c3ccco3)n2-c2ccc(Cl)cc2Cl)n1. The molecule has 0 radical (unpaired) electrons. The van der Waals surface area contributed by atoms with Gasteiger partial charge in [-0.25, -0.2) is 4.98 Å². The molecule has 3 heterocycles. The Bertz CT molecular complexity index is 1240. The molecule has 12 heteroatoms. The Balaban J connectivity index is 1.54. The number of likely N-dealkylation sites (N-methyl/N-ethyl adjacent to an activating group) is 1. The molecule has 0 saturated heterocycles. The summed E-state index contributed by atoms with van der Waals surface area (Å²) in [6.45, 7) is 1.33. The summed E-state index contributed by atoms with van der Waals surface area (Å²) in [5.41, 5.74) is 1.09. The van der Waals surface area contributed by atoms with Crippen LogP contribution in [0.5, 0.6) is 0 Å². The van der Waals surface area contributed by atoms with Crippen LogP contribution in [0.15, 0.2) is 51.5 Å². The van der Waals surface area contributed by atoms with E-state index in [0.717, 1.165) is 11.6 Å². The number of carbonyl (C=O) groups excluding carboxylic acids is 1. The van der Waals surface area contributed by atoms with Gasteiger partial charge in [-0.1, -0.05) is 35.0 Å². The molecule has 0 saturated carbocycles. The third-order valence-electron chi connectivity index (χ3n) is 4.48. The number of benzene rings is 1. The van der Waals surface area contributed by atoms with E-state index >= 15 is 0 Å². The molecule has 0 atom stereocenters. The maximum atomic E-state index is 12.3. The largest absolute Gasteiger partial charge is 0.461 e. The molecule has 0 aliphatic rings. The fourth-order valence-corrected chi connectivity index (χ4v) is 5.13. The highest BCUT2D eigenvalue weighted by Gasteiger charge is 2.21. The molecule has 0 aliphatic heterocycles. The first-order valence-corrected chi connectivity index (χ1v) is 12.5. The predicted molar refractivity (Wildman–Crippen MR) is 132 cm³/mol. The molecular weight excluding hydrogens is 503 g/mol. The van der Waals surface area contributed by atoms with Gasteiger partial charge in [-0.3, -0.25) is 9.36 Å². The molecule has 1 N–H and O–H groups in total. The van der Waals surface area contributed by atoms with E-state index < -0.39 is 0 Å². The topological polar surface area (TPSA) is 89.1 Å². The van der Waals surface area contributed by atoms with Gasteiger partial charge in [0.2, 0.25) is 5.82 Å². The smallest absolute Gasteiger partial charge is 0.270 e. The van der Waals surface area contributed by atoms with E-state index in [1.807, 2.05) is 29.6 Å². The summed E-state index contributed by atoms with van der Waals surface area (Å²) in [4.78, 5) is 18.8. The fourth-order valence-electron chi connectivity index (χ4n) is 2.90. The number of hydrogen-bond acceptors (Lipinski definition) is 8. The van der Waals surface area contributed by atoms with Gasteiger partial charge in [0.25, 0.3) is 5.91 Å². The fraction of sp³-hybridized carbons (Fsp3) is 0.238. The Kier molecular flexibility index (Phi) is 7.71. The van der Waals surface area contributed by atoms with Gasteiger partial charge in [-0.2, -0.15) is 0 Å². The molecule has 4 aromatic rings. The number of hydrogen-bond donors (Lipinski definition) is 1. The minimum absolute atomic E-state index is 0.180. The molecule has 0 spiro atoms. The van der Waals surface area contributed by atoms with Crippen molar-refractivity contribution in [3.63, 3.8) is 0 Å². The van der Waals surface area contributed by atoms with Crippen LogP contribution in [0.4, 0.5) is 0 Å². The monoisotopic (exact) mass is 522 g/mol. The van der Waals surface area contributed by atoms with Crippen LogP contribution >= 0.6 is 46.3 Å². The van der Waals surface area contributed by atoms with Crippen molar-refractivity contribution in [1.82, 2.24) is 30.0 Å². The number of amides is 1. The summed E-state index contributed by atoms with van der Waals surface area (Å²) in [6.07, 6.45) is 1.57. The summed E-state index contributed by atoms with van der Waals surface area (Å²) >= 11 is 15.4. The van der Waals surface area contributed by atoms with Crippen LogP contribution in [0.2, 0.25) is 10.0 Å². The number of nitrogens with one attached hydrogen (secondary N) is 1. The Hall–Kier alpha value is -2.37. The van der Waals surface area contributed by atoms with Crippen molar-refractivity contribution < 1.29 is 9.21 Å². The van der Waals surface area contributed by atoms with E-state index in [1.54, 1.807) is 35.9 Å². The van der Waals surface area contributed by atoms with Crippen molar-refractivity contribution in [3.05, 3.63) is 62.7 Å². The third kappa shape index (κ3) is 5.77. The van der Waals surface area contributed by atoms with Gasteiger partial charge in [0, 0.05) is 23.5 Å². The summed E-state index contributed by atoms with van der Waals surface area (Å²) < 4.78 is 7.36. The quantitative estimate of drug-likeness (QED) is 0.313. The lowest BCUT2D eigenvalue weighted by Crippen LogP contribution is -2.31. The summed E-state index contributed by atoms with van der Waals surface area (Å²) in [6, 6.07) is 8.82. The first kappa shape index (κ1) is 23.8. The Morgan fingerprint density at radius 1 is 1.27 bits per heavy atom. The van der Waals surface area contributed by atoms with E-state index in [9.17, 15) is 4.79 Å². The number of nitrogens with zero attached hydrogens (tertiary/aromatic N) is 5. The maximum absolute atomic E-state index is 12.3. The van der Waals surface area contributed by atoms with Crippen molar-refractivity contribution >= 4 is 52.2 Å². The zero-order chi connectivity index (χ0) is 23.4. The Morgan fingerprint density at radius 2 is 2.12 bits per heavy atom. The average Bonchev–Trinajstić information content (AvgIpc) is 3.52. The lowest BCUT2D eigenvalue weighted by Gasteiger charge is -2.11. The van der Waals surface area contributed by atoms with Crippen molar-refractivity contribution in [2.75, 3.05) is 27.2 Å². The average molecular weight is 523 g/mol. The van der Waals surface area contributed by atoms with E-state index in [0.29, 0.717) is 50.5 Å². The molecule has 8 nitrogen and oxygen atoms in total. The minimum atomic E-state index is -0.180. The third-order valence-corrected chi connectivity index (χ3v) is 6.99. The zero-order valence-electron chi connectivity index (χ0n) is 17.8. The van der Waals surface area contributed by atoms with Crippen LogP contribution in [-0.4, -0.2) is 57.7 Å². The first-order chi connectivity index (χ1) is 15.9. The van der Waals surface area contributed by atoms with E-state index in [2.05, 4.69) is 20.5 Å². The van der Waals surface area contributed by atoms with Gasteiger partial charge in [0.15, 0.2) is 10.9 Å². The van der Waals surface area contributed by atoms with Gasteiger partial charge < -0.3 is 14.6 Å². The summed E-state index contributed by atoms with van der Waals surface area (Å²) in [7, 11) is 3.91.